The van der Waals surface area contributed by atoms with Crippen LogP contribution in [0.1, 0.15) is 53.5 Å². The van der Waals surface area contributed by atoms with Crippen molar-refractivity contribution in [1.29, 1.82) is 0 Å². The van der Waals surface area contributed by atoms with Gasteiger partial charge in [-0.2, -0.15) is 0 Å². The van der Waals surface area contributed by atoms with Crippen LogP contribution in [0, 0.1) is 5.41 Å². The van der Waals surface area contributed by atoms with Crippen molar-refractivity contribution in [2.45, 2.75) is 59.4 Å². The number of carboxylic acid groups (broad SMARTS) is 1. The van der Waals surface area contributed by atoms with Crippen LogP contribution >= 0.6 is 0 Å². The summed E-state index contributed by atoms with van der Waals surface area (Å²) in [6.07, 6.45) is 1.71. The van der Waals surface area contributed by atoms with E-state index in [1.807, 2.05) is 65.9 Å². The minimum atomic E-state index is -1.02. The summed E-state index contributed by atoms with van der Waals surface area (Å²) in [7, 11) is 3.45. The van der Waals surface area contributed by atoms with Gasteiger partial charge in [-0.05, 0) is 35.4 Å². The molecule has 0 spiro atoms. The molecule has 1 unspecified atom stereocenters. The second-order valence-corrected chi connectivity index (χ2v) is 9.67. The number of likely N-dealkylation sites (N-methyl/N-ethyl adjacent to an activating group) is 1. The summed E-state index contributed by atoms with van der Waals surface area (Å²) in [5.74, 6) is -1.49. The van der Waals surface area contributed by atoms with Gasteiger partial charge in [0.25, 0.3) is 0 Å². The summed E-state index contributed by atoms with van der Waals surface area (Å²) < 4.78 is 0. The Kier molecular flexibility index (Phi) is 8.85. The van der Waals surface area contributed by atoms with Crippen molar-refractivity contribution in [3.63, 3.8) is 0 Å². The van der Waals surface area contributed by atoms with Crippen molar-refractivity contribution in [2.24, 2.45) is 5.41 Å². The lowest BCUT2D eigenvalue weighted by molar-refractivity contribution is -0.138. The van der Waals surface area contributed by atoms with Gasteiger partial charge in [0, 0.05) is 38.3 Å². The number of hydrogen-bond acceptors (Lipinski definition) is 4. The van der Waals surface area contributed by atoms with Crippen molar-refractivity contribution in [1.82, 2.24) is 10.2 Å². The smallest absolute Gasteiger partial charge is 0.331 e. The van der Waals surface area contributed by atoms with Gasteiger partial charge in [-0.1, -0.05) is 52.8 Å². The molecule has 3 N–H and O–H groups in total. The Morgan fingerprint density at radius 3 is 2.29 bits per heavy atom. The zero-order valence-corrected chi connectivity index (χ0v) is 20.0. The van der Waals surface area contributed by atoms with Crippen molar-refractivity contribution in [2.75, 3.05) is 26.0 Å². The first-order valence-electron chi connectivity index (χ1n) is 10.4. The van der Waals surface area contributed by atoms with Crippen LogP contribution in [0.4, 0.5) is 5.69 Å². The van der Waals surface area contributed by atoms with Crippen molar-refractivity contribution >= 4 is 23.5 Å². The van der Waals surface area contributed by atoms with Gasteiger partial charge in [0.05, 0.1) is 0 Å². The Bertz CT molecular complexity index is 837. The van der Waals surface area contributed by atoms with Gasteiger partial charge in [-0.3, -0.25) is 9.59 Å². The summed E-state index contributed by atoms with van der Waals surface area (Å²) in [6.45, 7) is 11.3. The highest BCUT2D eigenvalue weighted by Crippen LogP contribution is 2.29. The summed E-state index contributed by atoms with van der Waals surface area (Å²) in [5, 5.41) is 15.0. The van der Waals surface area contributed by atoms with Crippen LogP contribution in [-0.4, -0.2) is 54.5 Å². The summed E-state index contributed by atoms with van der Waals surface area (Å²) in [6, 6.07) is 7.19. The van der Waals surface area contributed by atoms with Gasteiger partial charge in [-0.25, -0.2) is 4.79 Å². The number of carbonyl (C=O) groups excluding carboxylic acids is 2. The molecule has 0 heterocycles. The Balaban J connectivity index is 2.96. The van der Waals surface area contributed by atoms with Gasteiger partial charge >= 0.3 is 5.97 Å². The second kappa shape index (κ2) is 10.5. The number of anilines is 1. The molecule has 7 nitrogen and oxygen atoms in total. The lowest BCUT2D eigenvalue weighted by Crippen LogP contribution is -2.54. The zero-order chi connectivity index (χ0) is 24.0. The van der Waals surface area contributed by atoms with E-state index in [4.69, 9.17) is 5.11 Å². The normalized spacial score (nSPS) is 13.4. The molecule has 0 bridgehead atoms. The molecule has 0 saturated carbocycles. The standard InChI is InChI=1S/C24H37N3O4/c1-16(22(30)31)12-13-27(8)21(29)20(23(2,3)4)26-19(28)15-24(5,6)17-10-9-11-18(14-17)25-7/h9-12,14,20,25H,13,15H2,1-8H3,(H,26,28)(H,30,31)/b16-12+. The lowest BCUT2D eigenvalue weighted by Gasteiger charge is -2.34. The fourth-order valence-corrected chi connectivity index (χ4v) is 3.13. The molecule has 1 aromatic carbocycles. The van der Waals surface area contributed by atoms with E-state index in [0.717, 1.165) is 11.3 Å². The maximum absolute atomic E-state index is 13.1. The molecule has 2 amide bonds. The van der Waals surface area contributed by atoms with E-state index >= 15 is 0 Å². The minimum Gasteiger partial charge on any atom is -0.478 e. The van der Waals surface area contributed by atoms with Crippen molar-refractivity contribution in [3.8, 4) is 0 Å². The van der Waals surface area contributed by atoms with Crippen LogP contribution in [0.2, 0.25) is 0 Å². The van der Waals surface area contributed by atoms with Gasteiger partial charge in [0.2, 0.25) is 11.8 Å². The SMILES string of the molecule is CNc1cccc(C(C)(C)CC(=O)NC(C(=O)N(C)C/C=C(\C)C(=O)O)C(C)(C)C)c1. The molecule has 31 heavy (non-hydrogen) atoms. The first-order valence-corrected chi connectivity index (χ1v) is 10.4. The molecule has 1 atom stereocenters. The molecular weight excluding hydrogens is 394 g/mol. The number of carbonyl (C=O) groups is 3. The second-order valence-electron chi connectivity index (χ2n) is 9.67. The van der Waals surface area contributed by atoms with Crippen LogP contribution in [0.5, 0.6) is 0 Å². The maximum atomic E-state index is 13.1. The molecule has 1 rings (SSSR count). The zero-order valence-electron chi connectivity index (χ0n) is 20.0. The first kappa shape index (κ1) is 26.2. The van der Waals surface area contributed by atoms with E-state index in [2.05, 4.69) is 10.6 Å². The number of aliphatic carboxylic acids is 1. The van der Waals surface area contributed by atoms with Crippen molar-refractivity contribution in [3.05, 3.63) is 41.5 Å². The number of benzene rings is 1. The Morgan fingerprint density at radius 2 is 1.77 bits per heavy atom. The van der Waals surface area contributed by atoms with Crippen molar-refractivity contribution < 1.29 is 19.5 Å². The summed E-state index contributed by atoms with van der Waals surface area (Å²) in [5.41, 5.74) is 1.24. The third-order valence-corrected chi connectivity index (χ3v) is 5.34. The lowest BCUT2D eigenvalue weighted by atomic mass is 9.80. The van der Waals surface area contributed by atoms with Crippen LogP contribution < -0.4 is 10.6 Å². The largest absolute Gasteiger partial charge is 0.478 e. The topological polar surface area (TPSA) is 98.7 Å². The number of hydrogen-bond donors (Lipinski definition) is 3. The average Bonchev–Trinajstić information content (AvgIpc) is 2.68. The molecule has 1 aromatic rings. The predicted molar refractivity (Wildman–Crippen MR) is 124 cm³/mol. The molecule has 172 valence electrons. The van der Waals surface area contributed by atoms with E-state index in [0.29, 0.717) is 0 Å². The highest BCUT2D eigenvalue weighted by molar-refractivity contribution is 5.89. The van der Waals surface area contributed by atoms with Gasteiger partial charge in [0.15, 0.2) is 0 Å². The highest BCUT2D eigenvalue weighted by atomic mass is 16.4. The van der Waals surface area contributed by atoms with E-state index in [1.54, 1.807) is 7.05 Å². The number of carboxylic acids is 1. The molecule has 0 aromatic heterocycles. The Hall–Kier alpha value is -2.83. The first-order chi connectivity index (χ1) is 14.2. The van der Waals surface area contributed by atoms with Crippen LogP contribution in [-0.2, 0) is 19.8 Å². The fraction of sp³-hybridized carbons (Fsp3) is 0.542. The van der Waals surface area contributed by atoms with E-state index in [-0.39, 0.29) is 30.4 Å². The number of rotatable bonds is 9. The predicted octanol–water partition coefficient (Wildman–Crippen LogP) is 3.42. The minimum absolute atomic E-state index is 0.154. The van der Waals surface area contributed by atoms with Crippen LogP contribution in [0.15, 0.2) is 35.9 Å². The van der Waals surface area contributed by atoms with E-state index in [1.165, 1.54) is 17.9 Å². The molecule has 0 aliphatic carbocycles. The molecule has 0 fully saturated rings. The third-order valence-electron chi connectivity index (χ3n) is 5.34. The van der Waals surface area contributed by atoms with E-state index < -0.39 is 22.8 Å². The number of nitrogens with zero attached hydrogens (tertiary/aromatic N) is 1. The third kappa shape index (κ3) is 7.74. The molecule has 0 saturated heterocycles. The van der Waals surface area contributed by atoms with Gasteiger partial charge < -0.3 is 20.6 Å². The number of nitrogens with one attached hydrogen (secondary N) is 2. The van der Waals surface area contributed by atoms with Crippen LogP contribution in [0.3, 0.4) is 0 Å². The monoisotopic (exact) mass is 431 g/mol. The highest BCUT2D eigenvalue weighted by Gasteiger charge is 2.35. The molecule has 0 aliphatic heterocycles. The quantitative estimate of drug-likeness (QED) is 0.521. The maximum Gasteiger partial charge on any atom is 0.331 e. The average molecular weight is 432 g/mol. The van der Waals surface area contributed by atoms with E-state index in [9.17, 15) is 14.4 Å². The summed E-state index contributed by atoms with van der Waals surface area (Å²) in [4.78, 5) is 38.4. The summed E-state index contributed by atoms with van der Waals surface area (Å²) >= 11 is 0. The van der Waals surface area contributed by atoms with Gasteiger partial charge in [-0.15, -0.1) is 0 Å². The van der Waals surface area contributed by atoms with Gasteiger partial charge in [0.1, 0.15) is 6.04 Å². The van der Waals surface area contributed by atoms with Crippen LogP contribution in [0.25, 0.3) is 0 Å². The fourth-order valence-electron chi connectivity index (χ4n) is 3.13. The number of amides is 2. The Morgan fingerprint density at radius 1 is 1.16 bits per heavy atom. The molecule has 7 heteroatoms. The molecule has 0 aliphatic rings. The molecular formula is C24H37N3O4. The molecule has 0 radical (unpaired) electrons. The Labute approximate surface area is 185 Å².